The van der Waals surface area contributed by atoms with E-state index in [1.54, 1.807) is 30.3 Å². The minimum absolute atomic E-state index is 0.200. The Kier molecular flexibility index (Phi) is 6.50. The Hall–Kier alpha value is -3.35. The molecule has 2 heterocycles. The van der Waals surface area contributed by atoms with Gasteiger partial charge in [-0.2, -0.15) is 0 Å². The van der Waals surface area contributed by atoms with Crippen LogP contribution in [0.1, 0.15) is 29.2 Å². The van der Waals surface area contributed by atoms with Crippen LogP contribution in [0.3, 0.4) is 0 Å². The first-order chi connectivity index (χ1) is 16.9. The largest absolute Gasteiger partial charge is 0.342 e. The number of nitrogens with zero attached hydrogens (tertiary/aromatic N) is 2. The van der Waals surface area contributed by atoms with Gasteiger partial charge in [0, 0.05) is 28.7 Å². The van der Waals surface area contributed by atoms with E-state index in [2.05, 4.69) is 17.6 Å². The van der Waals surface area contributed by atoms with Gasteiger partial charge in [-0.3, -0.25) is 14.5 Å². The zero-order valence-electron chi connectivity index (χ0n) is 19.0. The number of benzene rings is 3. The maximum Gasteiger partial charge on any atom is 0.293 e. The van der Waals surface area contributed by atoms with E-state index >= 15 is 0 Å². The van der Waals surface area contributed by atoms with Gasteiger partial charge >= 0.3 is 0 Å². The first kappa shape index (κ1) is 23.4. The maximum absolute atomic E-state index is 13.4. The Morgan fingerprint density at radius 3 is 2.34 bits per heavy atom. The second kappa shape index (κ2) is 9.72. The summed E-state index contributed by atoms with van der Waals surface area (Å²) in [5.41, 5.74) is 4.94. The topological polar surface area (TPSA) is 42.3 Å². The van der Waals surface area contributed by atoms with E-state index in [0.29, 0.717) is 16.5 Å². The molecule has 0 bridgehead atoms. The average Bonchev–Trinajstić information content (AvgIpc) is 3.33. The summed E-state index contributed by atoms with van der Waals surface area (Å²) in [7, 11) is 0. The average molecular weight is 505 g/mol. The molecule has 0 saturated carbocycles. The first-order valence-electron chi connectivity index (χ1n) is 11.3. The van der Waals surface area contributed by atoms with Gasteiger partial charge in [-0.15, -0.1) is 0 Å². The first-order valence-corrected chi connectivity index (χ1v) is 12.5. The van der Waals surface area contributed by atoms with Crippen molar-refractivity contribution >= 4 is 51.5 Å². The van der Waals surface area contributed by atoms with Crippen LogP contribution in [-0.2, 0) is 24.3 Å². The Morgan fingerprint density at radius 2 is 1.63 bits per heavy atom. The Morgan fingerprint density at radius 1 is 0.943 bits per heavy atom. The van der Waals surface area contributed by atoms with Gasteiger partial charge in [0.2, 0.25) is 0 Å². The number of hydrogen-bond acceptors (Lipinski definition) is 3. The van der Waals surface area contributed by atoms with Crippen molar-refractivity contribution < 1.29 is 14.0 Å². The fourth-order valence-corrected chi connectivity index (χ4v) is 5.28. The zero-order chi connectivity index (χ0) is 24.5. The number of aromatic nitrogens is 1. The van der Waals surface area contributed by atoms with Crippen molar-refractivity contribution in [3.8, 4) is 0 Å². The molecule has 2 amide bonds. The van der Waals surface area contributed by atoms with Crippen molar-refractivity contribution in [1.82, 2.24) is 9.47 Å². The molecule has 1 aromatic heterocycles. The maximum atomic E-state index is 13.4. The van der Waals surface area contributed by atoms with Crippen LogP contribution in [0.15, 0.2) is 77.8 Å². The number of carbonyl (C=O) groups excluding carboxylic acids is 2. The molecule has 1 fully saturated rings. The van der Waals surface area contributed by atoms with E-state index in [4.69, 9.17) is 11.6 Å². The fraction of sp³-hybridized carbons (Fsp3) is 0.143. The predicted molar refractivity (Wildman–Crippen MR) is 140 cm³/mol. The van der Waals surface area contributed by atoms with Crippen LogP contribution in [0.5, 0.6) is 0 Å². The summed E-state index contributed by atoms with van der Waals surface area (Å²) in [6.07, 6.45) is 4.65. The number of imide groups is 1. The van der Waals surface area contributed by atoms with Crippen molar-refractivity contribution in [2.45, 2.75) is 26.4 Å². The molecule has 4 aromatic rings. The summed E-state index contributed by atoms with van der Waals surface area (Å²) >= 11 is 6.90. The quantitative estimate of drug-likeness (QED) is 0.259. The van der Waals surface area contributed by atoms with Gasteiger partial charge in [-0.25, -0.2) is 4.39 Å². The lowest BCUT2D eigenvalue weighted by molar-refractivity contribution is -0.123. The normalized spacial score (nSPS) is 15.1. The number of halogens is 2. The second-order valence-electron chi connectivity index (χ2n) is 8.40. The number of carbonyl (C=O) groups is 2. The van der Waals surface area contributed by atoms with Crippen LogP contribution in [0.25, 0.3) is 17.0 Å². The summed E-state index contributed by atoms with van der Waals surface area (Å²) in [5.74, 6) is -0.573. The predicted octanol–water partition coefficient (Wildman–Crippen LogP) is 7.28. The molecule has 176 valence electrons. The molecule has 0 N–H and O–H groups in total. The fourth-order valence-electron chi connectivity index (χ4n) is 4.33. The number of amides is 2. The zero-order valence-corrected chi connectivity index (χ0v) is 20.6. The highest BCUT2D eigenvalue weighted by atomic mass is 35.5. The van der Waals surface area contributed by atoms with Crippen LogP contribution in [0, 0.1) is 5.82 Å². The highest BCUT2D eigenvalue weighted by Crippen LogP contribution is 2.36. The van der Waals surface area contributed by atoms with Gasteiger partial charge < -0.3 is 4.57 Å². The van der Waals surface area contributed by atoms with Crippen molar-refractivity contribution in [3.05, 3.63) is 111 Å². The smallest absolute Gasteiger partial charge is 0.293 e. The second-order valence-corrected chi connectivity index (χ2v) is 9.83. The molecule has 1 aliphatic rings. The number of thioether (sulfide) groups is 1. The summed E-state index contributed by atoms with van der Waals surface area (Å²) in [6.45, 7) is 2.87. The minimum Gasteiger partial charge on any atom is -0.342 e. The standard InChI is InChI=1S/C28H22ClFN2O2S/c1-2-20-4-3-5-24-21(17-31(26(20)24)15-18-8-12-23(30)13-9-18)14-25-27(33)32(28(34)35-25)16-19-6-10-22(29)11-7-19/h3-14,17H,2,15-16H2,1H3/b25-14-. The Bertz CT molecular complexity index is 1460. The number of hydrogen-bond donors (Lipinski definition) is 0. The summed E-state index contributed by atoms with van der Waals surface area (Å²) in [5, 5.41) is 1.32. The highest BCUT2D eigenvalue weighted by molar-refractivity contribution is 8.18. The Balaban J connectivity index is 1.50. The molecule has 0 spiro atoms. The van der Waals surface area contributed by atoms with Crippen LogP contribution in [0.2, 0.25) is 5.02 Å². The van der Waals surface area contributed by atoms with Crippen LogP contribution < -0.4 is 0 Å². The Labute approximate surface area is 212 Å². The summed E-state index contributed by atoms with van der Waals surface area (Å²) in [4.78, 5) is 27.4. The van der Waals surface area contributed by atoms with E-state index in [0.717, 1.165) is 45.8 Å². The van der Waals surface area contributed by atoms with Gasteiger partial charge in [0.15, 0.2) is 0 Å². The molecule has 4 nitrogen and oxygen atoms in total. The van der Waals surface area contributed by atoms with Crippen molar-refractivity contribution in [2.24, 2.45) is 0 Å². The third-order valence-corrected chi connectivity index (χ3v) is 7.23. The molecular weight excluding hydrogens is 483 g/mol. The lowest BCUT2D eigenvalue weighted by Crippen LogP contribution is -2.27. The van der Waals surface area contributed by atoms with Gasteiger partial charge in [0.25, 0.3) is 11.1 Å². The molecule has 3 aromatic carbocycles. The molecule has 0 atom stereocenters. The van der Waals surface area contributed by atoms with E-state index in [1.165, 1.54) is 22.6 Å². The molecule has 0 radical (unpaired) electrons. The molecule has 35 heavy (non-hydrogen) atoms. The highest BCUT2D eigenvalue weighted by Gasteiger charge is 2.35. The van der Waals surface area contributed by atoms with Crippen LogP contribution in [0.4, 0.5) is 9.18 Å². The molecular formula is C28H22ClFN2O2S. The number of para-hydroxylation sites is 1. The van der Waals surface area contributed by atoms with Gasteiger partial charge in [-0.05, 0) is 65.2 Å². The number of rotatable bonds is 6. The lowest BCUT2D eigenvalue weighted by atomic mass is 10.1. The van der Waals surface area contributed by atoms with Crippen LogP contribution in [-0.4, -0.2) is 20.6 Å². The lowest BCUT2D eigenvalue weighted by Gasteiger charge is -2.12. The minimum atomic E-state index is -0.305. The monoisotopic (exact) mass is 504 g/mol. The number of fused-ring (bicyclic) bond motifs is 1. The number of aryl methyl sites for hydroxylation is 1. The van der Waals surface area contributed by atoms with Crippen LogP contribution >= 0.6 is 23.4 Å². The molecule has 7 heteroatoms. The molecule has 1 saturated heterocycles. The third-order valence-electron chi connectivity index (χ3n) is 6.07. The third kappa shape index (κ3) is 4.77. The van der Waals surface area contributed by atoms with E-state index in [9.17, 15) is 14.0 Å². The van der Waals surface area contributed by atoms with Gasteiger partial charge in [0.05, 0.1) is 17.0 Å². The van der Waals surface area contributed by atoms with E-state index in [-0.39, 0.29) is 23.5 Å². The molecule has 0 unspecified atom stereocenters. The van der Waals surface area contributed by atoms with E-state index in [1.807, 2.05) is 30.5 Å². The molecule has 1 aliphatic heterocycles. The summed E-state index contributed by atoms with van der Waals surface area (Å²) < 4.78 is 15.5. The van der Waals surface area contributed by atoms with Gasteiger partial charge in [-0.1, -0.05) is 61.0 Å². The molecule has 0 aliphatic carbocycles. The van der Waals surface area contributed by atoms with Crippen molar-refractivity contribution in [2.75, 3.05) is 0 Å². The van der Waals surface area contributed by atoms with Gasteiger partial charge in [0.1, 0.15) is 5.82 Å². The van der Waals surface area contributed by atoms with E-state index < -0.39 is 0 Å². The van der Waals surface area contributed by atoms with Crippen molar-refractivity contribution in [3.63, 3.8) is 0 Å². The molecule has 5 rings (SSSR count). The summed E-state index contributed by atoms with van der Waals surface area (Å²) in [6, 6.07) is 19.7. The van der Waals surface area contributed by atoms with Crippen molar-refractivity contribution in [1.29, 1.82) is 0 Å². The SMILES string of the molecule is CCc1cccc2c(/C=C3\SC(=O)N(Cc4ccc(Cl)cc4)C3=O)cn(Cc3ccc(F)cc3)c12.